The van der Waals surface area contributed by atoms with Crippen LogP contribution in [0.3, 0.4) is 0 Å². The van der Waals surface area contributed by atoms with Crippen molar-refractivity contribution in [1.82, 2.24) is 0 Å². The van der Waals surface area contributed by atoms with Gasteiger partial charge in [0, 0.05) is 10.8 Å². The lowest BCUT2D eigenvalue weighted by molar-refractivity contribution is 0.729. The lowest BCUT2D eigenvalue weighted by atomic mass is 9.97. The van der Waals surface area contributed by atoms with Crippen LogP contribution in [0.2, 0.25) is 39.3 Å². The molecule has 0 atom stereocenters. The Morgan fingerprint density at radius 3 is 0.958 bits per heavy atom. The van der Waals surface area contributed by atoms with Gasteiger partial charge in [0.25, 0.3) is 0 Å². The number of rotatable bonds is 4. The van der Waals surface area contributed by atoms with Crippen LogP contribution >= 0.6 is 0 Å². The van der Waals surface area contributed by atoms with Crippen molar-refractivity contribution in [3.8, 4) is 0 Å². The summed E-state index contributed by atoms with van der Waals surface area (Å²) in [6.45, 7) is 24.5. The Kier molecular flexibility index (Phi) is 3.63. The highest BCUT2D eigenvalue weighted by molar-refractivity contribution is 6.86. The van der Waals surface area contributed by atoms with Gasteiger partial charge in [-0.1, -0.05) is 102 Å². The van der Waals surface area contributed by atoms with E-state index in [0.29, 0.717) is 10.8 Å². The fourth-order valence-corrected chi connectivity index (χ4v) is 11.7. The second-order valence-corrected chi connectivity index (χ2v) is 20.8. The summed E-state index contributed by atoms with van der Waals surface area (Å²) in [5, 5.41) is 3.52. The van der Waals surface area contributed by atoms with Crippen molar-refractivity contribution in [1.29, 1.82) is 0 Å². The maximum absolute atomic E-state index is 2.48. The Morgan fingerprint density at radius 1 is 0.542 bits per heavy atom. The number of benzene rings is 1. The van der Waals surface area contributed by atoms with Crippen molar-refractivity contribution in [2.24, 2.45) is 10.8 Å². The van der Waals surface area contributed by atoms with Gasteiger partial charge in [-0.2, -0.15) is 0 Å². The molecule has 0 heterocycles. The molecule has 2 heteroatoms. The van der Waals surface area contributed by atoms with Crippen LogP contribution in [0.5, 0.6) is 0 Å². The Balaban J connectivity index is 1.95. The molecular weight excluding hydrogens is 320 g/mol. The lowest BCUT2D eigenvalue weighted by Crippen LogP contribution is -2.22. The zero-order valence-corrected chi connectivity index (χ0v) is 19.3. The molecule has 0 unspecified atom stereocenters. The van der Waals surface area contributed by atoms with Crippen molar-refractivity contribution >= 4 is 27.3 Å². The molecule has 0 saturated carbocycles. The molecule has 0 radical (unpaired) electrons. The SMILES string of the molecule is CC1(C)C(c2ccc(C3=C([Si](C)(C)C)C3(C)C)cc2)=C1[Si](C)(C)C. The topological polar surface area (TPSA) is 0 Å². The number of allylic oxidation sites excluding steroid dienone is 4. The molecule has 2 aliphatic rings. The fraction of sp³-hybridized carbons (Fsp3) is 0.545. The van der Waals surface area contributed by atoms with Crippen molar-refractivity contribution in [2.75, 3.05) is 0 Å². The van der Waals surface area contributed by atoms with Crippen molar-refractivity contribution in [3.63, 3.8) is 0 Å². The first-order chi connectivity index (χ1) is 10.7. The first-order valence-corrected chi connectivity index (χ1v) is 16.3. The Bertz CT molecular complexity index is 691. The summed E-state index contributed by atoms with van der Waals surface area (Å²) in [4.78, 5) is 0. The summed E-state index contributed by atoms with van der Waals surface area (Å²) in [6.07, 6.45) is 0. The summed E-state index contributed by atoms with van der Waals surface area (Å²) < 4.78 is 0. The van der Waals surface area contributed by atoms with E-state index in [0.717, 1.165) is 0 Å². The smallest absolute Gasteiger partial charge is 0.0668 e. The molecule has 130 valence electrons. The maximum Gasteiger partial charge on any atom is 0.0740 e. The van der Waals surface area contributed by atoms with E-state index in [-0.39, 0.29) is 0 Å². The number of hydrogen-bond donors (Lipinski definition) is 0. The molecule has 0 N–H and O–H groups in total. The van der Waals surface area contributed by atoms with Crippen LogP contribution in [-0.4, -0.2) is 16.1 Å². The summed E-state index contributed by atoms with van der Waals surface area (Å²) in [7, 11) is -2.42. The predicted octanol–water partition coefficient (Wildman–Crippen LogP) is 7.03. The van der Waals surface area contributed by atoms with Gasteiger partial charge in [-0.3, -0.25) is 0 Å². The monoisotopic (exact) mass is 354 g/mol. The van der Waals surface area contributed by atoms with Crippen LogP contribution in [0.1, 0.15) is 38.8 Å². The molecule has 1 aromatic carbocycles. The molecule has 3 rings (SSSR count). The molecule has 0 saturated heterocycles. The average molecular weight is 355 g/mol. The highest BCUT2D eigenvalue weighted by Gasteiger charge is 2.52. The van der Waals surface area contributed by atoms with Crippen molar-refractivity contribution in [2.45, 2.75) is 67.0 Å². The van der Waals surface area contributed by atoms with E-state index in [1.807, 2.05) is 0 Å². The van der Waals surface area contributed by atoms with E-state index in [1.165, 1.54) is 11.1 Å². The average Bonchev–Trinajstić information content (AvgIpc) is 3.17. The predicted molar refractivity (Wildman–Crippen MR) is 115 cm³/mol. The molecule has 0 aromatic heterocycles. The van der Waals surface area contributed by atoms with Crippen molar-refractivity contribution < 1.29 is 0 Å². The maximum atomic E-state index is 2.48. The summed E-state index contributed by atoms with van der Waals surface area (Å²) in [5.74, 6) is 0. The van der Waals surface area contributed by atoms with Crippen LogP contribution in [0.4, 0.5) is 0 Å². The summed E-state index contributed by atoms with van der Waals surface area (Å²) in [5.41, 5.74) is 6.82. The van der Waals surface area contributed by atoms with Crippen LogP contribution in [0.25, 0.3) is 11.1 Å². The minimum absolute atomic E-state index is 0.327. The Hall–Kier alpha value is -0.866. The molecular formula is C22H34Si2. The molecule has 0 amide bonds. The van der Waals surface area contributed by atoms with E-state index in [9.17, 15) is 0 Å². The van der Waals surface area contributed by atoms with Gasteiger partial charge in [0.1, 0.15) is 0 Å². The van der Waals surface area contributed by atoms with Gasteiger partial charge in [0.15, 0.2) is 0 Å². The third-order valence-electron chi connectivity index (χ3n) is 5.84. The van der Waals surface area contributed by atoms with Gasteiger partial charge < -0.3 is 0 Å². The van der Waals surface area contributed by atoms with Gasteiger partial charge >= 0.3 is 0 Å². The largest absolute Gasteiger partial charge is 0.0740 e. The molecule has 0 bridgehead atoms. The summed E-state index contributed by atoms with van der Waals surface area (Å²) in [6, 6.07) is 9.51. The molecule has 0 aliphatic heterocycles. The van der Waals surface area contributed by atoms with E-state index in [4.69, 9.17) is 0 Å². The van der Waals surface area contributed by atoms with Crippen LogP contribution in [-0.2, 0) is 0 Å². The fourth-order valence-electron chi connectivity index (χ4n) is 5.38. The molecule has 2 aliphatic carbocycles. The molecule has 0 fully saturated rings. The third-order valence-corrected chi connectivity index (χ3v) is 10.6. The van der Waals surface area contributed by atoms with Gasteiger partial charge in [0.05, 0.1) is 16.1 Å². The van der Waals surface area contributed by atoms with Gasteiger partial charge in [-0.25, -0.2) is 0 Å². The Morgan fingerprint density at radius 2 is 0.792 bits per heavy atom. The standard InChI is InChI=1S/C22H34Si2/c1-21(2)17(19(21)23(5,6)7)15-11-13-16(14-12-15)18-20(22(18,3)4)24(8,9)10/h11-14H,1-10H3. The minimum atomic E-state index is -1.21. The first-order valence-electron chi connectivity index (χ1n) is 9.32. The van der Waals surface area contributed by atoms with E-state index < -0.39 is 16.1 Å². The van der Waals surface area contributed by atoms with E-state index in [1.54, 1.807) is 21.5 Å². The third kappa shape index (κ3) is 2.62. The Labute approximate surface area is 151 Å². The molecule has 0 spiro atoms. The van der Waals surface area contributed by atoms with Crippen molar-refractivity contribution in [3.05, 3.63) is 45.8 Å². The first kappa shape index (κ1) is 17.9. The molecule has 0 nitrogen and oxygen atoms in total. The second-order valence-electron chi connectivity index (χ2n) is 10.8. The molecule has 1 aromatic rings. The normalized spacial score (nSPS) is 22.1. The van der Waals surface area contributed by atoms with E-state index in [2.05, 4.69) is 91.2 Å². The number of hydrogen-bond acceptors (Lipinski definition) is 0. The van der Waals surface area contributed by atoms with Gasteiger partial charge in [-0.15, -0.1) is 0 Å². The summed E-state index contributed by atoms with van der Waals surface area (Å²) >= 11 is 0. The van der Waals surface area contributed by atoms with Gasteiger partial charge in [-0.05, 0) is 22.3 Å². The van der Waals surface area contributed by atoms with E-state index >= 15 is 0 Å². The second kappa shape index (κ2) is 4.85. The van der Waals surface area contributed by atoms with Crippen LogP contribution in [0, 0.1) is 10.8 Å². The quantitative estimate of drug-likeness (QED) is 0.509. The molecule has 24 heavy (non-hydrogen) atoms. The minimum Gasteiger partial charge on any atom is -0.0668 e. The zero-order valence-electron chi connectivity index (χ0n) is 17.3. The highest BCUT2D eigenvalue weighted by Crippen LogP contribution is 2.63. The van der Waals surface area contributed by atoms with Crippen LogP contribution < -0.4 is 0 Å². The van der Waals surface area contributed by atoms with Crippen LogP contribution in [0.15, 0.2) is 34.7 Å². The lowest BCUT2D eigenvalue weighted by Gasteiger charge is -2.16. The highest BCUT2D eigenvalue weighted by atomic mass is 28.3. The van der Waals surface area contributed by atoms with Gasteiger partial charge in [0.2, 0.25) is 0 Å². The zero-order chi connectivity index (χ0) is 18.3.